The quantitative estimate of drug-likeness (QED) is 0.436. The lowest BCUT2D eigenvalue weighted by Gasteiger charge is -2.13. The SMILES string of the molecule is CCOC(=O)c1nn(-c2ccccc2C)c(=O)cc1OS(=O)(=O)c1cccc(F)c1. The summed E-state index contributed by atoms with van der Waals surface area (Å²) in [4.78, 5) is 24.5. The van der Waals surface area contributed by atoms with Crippen LogP contribution in [0.2, 0.25) is 0 Å². The number of aromatic nitrogens is 2. The summed E-state index contributed by atoms with van der Waals surface area (Å²) in [6.45, 7) is 3.28. The zero-order valence-electron chi connectivity index (χ0n) is 16.0. The maximum Gasteiger partial charge on any atom is 0.362 e. The summed E-state index contributed by atoms with van der Waals surface area (Å²) in [7, 11) is -4.55. The highest BCUT2D eigenvalue weighted by Crippen LogP contribution is 2.22. The first kappa shape index (κ1) is 21.2. The van der Waals surface area contributed by atoms with Crippen molar-refractivity contribution in [2.45, 2.75) is 18.7 Å². The summed E-state index contributed by atoms with van der Waals surface area (Å²) >= 11 is 0. The number of benzene rings is 2. The van der Waals surface area contributed by atoms with Crippen LogP contribution in [0.25, 0.3) is 5.69 Å². The fourth-order valence-electron chi connectivity index (χ4n) is 2.61. The Morgan fingerprint density at radius 1 is 1.13 bits per heavy atom. The van der Waals surface area contributed by atoms with Crippen LogP contribution in [-0.4, -0.2) is 30.8 Å². The Morgan fingerprint density at radius 3 is 2.53 bits per heavy atom. The fourth-order valence-corrected chi connectivity index (χ4v) is 3.57. The van der Waals surface area contributed by atoms with Gasteiger partial charge < -0.3 is 8.92 Å². The molecule has 0 spiro atoms. The van der Waals surface area contributed by atoms with Crippen molar-refractivity contribution >= 4 is 16.1 Å². The van der Waals surface area contributed by atoms with Crippen molar-refractivity contribution in [3.05, 3.63) is 82.0 Å². The van der Waals surface area contributed by atoms with Gasteiger partial charge in [0.2, 0.25) is 5.69 Å². The van der Waals surface area contributed by atoms with Crippen LogP contribution < -0.4 is 9.74 Å². The predicted octanol–water partition coefficient (Wildman–Crippen LogP) is 2.62. The summed E-state index contributed by atoms with van der Waals surface area (Å²) in [5.41, 5.74) is -0.156. The van der Waals surface area contributed by atoms with Gasteiger partial charge in [0, 0.05) is 0 Å². The number of carbonyl (C=O) groups excluding carboxylic acids is 1. The van der Waals surface area contributed by atoms with Gasteiger partial charge in [0.15, 0.2) is 5.75 Å². The number of esters is 1. The highest BCUT2D eigenvalue weighted by Gasteiger charge is 2.26. The van der Waals surface area contributed by atoms with E-state index in [2.05, 4.69) is 5.10 Å². The van der Waals surface area contributed by atoms with Gasteiger partial charge in [-0.25, -0.2) is 9.18 Å². The molecule has 0 radical (unpaired) electrons. The second-order valence-electron chi connectivity index (χ2n) is 6.11. The Hall–Kier alpha value is -3.53. The maximum absolute atomic E-state index is 13.4. The van der Waals surface area contributed by atoms with Gasteiger partial charge in [-0.2, -0.15) is 18.2 Å². The molecule has 10 heteroatoms. The van der Waals surface area contributed by atoms with Gasteiger partial charge in [-0.3, -0.25) is 4.79 Å². The van der Waals surface area contributed by atoms with Crippen molar-refractivity contribution in [1.82, 2.24) is 9.78 Å². The molecular formula is C20H17FN2O6S. The van der Waals surface area contributed by atoms with E-state index in [1.165, 1.54) is 6.07 Å². The molecular weight excluding hydrogens is 415 g/mol. The van der Waals surface area contributed by atoms with Gasteiger partial charge >= 0.3 is 16.1 Å². The molecule has 0 saturated carbocycles. The zero-order chi connectivity index (χ0) is 21.9. The molecule has 0 unspecified atom stereocenters. The van der Waals surface area contributed by atoms with Crippen LogP contribution in [0.4, 0.5) is 4.39 Å². The Labute approximate surface area is 171 Å². The molecule has 156 valence electrons. The minimum Gasteiger partial charge on any atom is -0.461 e. The number of ether oxygens (including phenoxy) is 1. The van der Waals surface area contributed by atoms with Gasteiger partial charge in [-0.15, -0.1) is 0 Å². The molecule has 0 aliphatic rings. The number of hydrogen-bond acceptors (Lipinski definition) is 7. The number of rotatable bonds is 6. The van der Waals surface area contributed by atoms with Crippen LogP contribution in [0.5, 0.6) is 5.75 Å². The fraction of sp³-hybridized carbons (Fsp3) is 0.150. The summed E-state index contributed by atoms with van der Waals surface area (Å²) < 4.78 is 49.3. The second-order valence-corrected chi connectivity index (χ2v) is 7.66. The van der Waals surface area contributed by atoms with Crippen LogP contribution in [-0.2, 0) is 14.9 Å². The number of hydrogen-bond donors (Lipinski definition) is 0. The highest BCUT2D eigenvalue weighted by molar-refractivity contribution is 7.87. The molecule has 0 atom stereocenters. The predicted molar refractivity (Wildman–Crippen MR) is 105 cm³/mol. The number of halogens is 1. The lowest BCUT2D eigenvalue weighted by Crippen LogP contribution is -2.26. The van der Waals surface area contributed by atoms with Gasteiger partial charge in [-0.1, -0.05) is 24.3 Å². The van der Waals surface area contributed by atoms with Crippen LogP contribution in [0.1, 0.15) is 23.0 Å². The van der Waals surface area contributed by atoms with Crippen molar-refractivity contribution in [3.63, 3.8) is 0 Å². The smallest absolute Gasteiger partial charge is 0.362 e. The highest BCUT2D eigenvalue weighted by atomic mass is 32.2. The van der Waals surface area contributed by atoms with Crippen molar-refractivity contribution in [2.75, 3.05) is 6.61 Å². The molecule has 0 N–H and O–H groups in total. The molecule has 1 heterocycles. The topological polar surface area (TPSA) is 105 Å². The Kier molecular flexibility index (Phi) is 5.97. The number of nitrogens with zero attached hydrogens (tertiary/aromatic N) is 2. The van der Waals surface area contributed by atoms with E-state index in [-0.39, 0.29) is 6.61 Å². The third-order valence-electron chi connectivity index (χ3n) is 3.99. The van der Waals surface area contributed by atoms with E-state index in [0.717, 1.165) is 28.9 Å². The Balaban J connectivity index is 2.14. The number of carbonyl (C=O) groups is 1. The molecule has 3 rings (SSSR count). The van der Waals surface area contributed by atoms with E-state index in [4.69, 9.17) is 8.92 Å². The van der Waals surface area contributed by atoms with Crippen LogP contribution in [0.3, 0.4) is 0 Å². The third-order valence-corrected chi connectivity index (χ3v) is 5.22. The lowest BCUT2D eigenvalue weighted by atomic mass is 10.2. The summed E-state index contributed by atoms with van der Waals surface area (Å²) in [5, 5.41) is 3.98. The van der Waals surface area contributed by atoms with E-state index < -0.39 is 43.8 Å². The first-order valence-corrected chi connectivity index (χ1v) is 10.2. The van der Waals surface area contributed by atoms with Gasteiger partial charge in [0.05, 0.1) is 18.4 Å². The summed E-state index contributed by atoms with van der Waals surface area (Å²) in [6, 6.07) is 11.7. The van der Waals surface area contributed by atoms with E-state index in [1.807, 2.05) is 0 Å². The number of aryl methyl sites for hydroxylation is 1. The van der Waals surface area contributed by atoms with Crippen molar-refractivity contribution < 1.29 is 26.5 Å². The molecule has 0 amide bonds. The standard InChI is InChI=1S/C20H17FN2O6S/c1-3-28-20(25)19-17(29-30(26,27)15-9-6-8-14(21)11-15)12-18(24)23(22-19)16-10-5-4-7-13(16)2/h4-12H,3H2,1-2H3. The lowest BCUT2D eigenvalue weighted by molar-refractivity contribution is 0.0515. The minimum absolute atomic E-state index is 0.0138. The average Bonchev–Trinajstić information content (AvgIpc) is 2.69. The van der Waals surface area contributed by atoms with Crippen molar-refractivity contribution in [2.24, 2.45) is 0 Å². The largest absolute Gasteiger partial charge is 0.461 e. The summed E-state index contributed by atoms with van der Waals surface area (Å²) in [5.74, 6) is -2.39. The Morgan fingerprint density at radius 2 is 1.87 bits per heavy atom. The molecule has 3 aromatic rings. The van der Waals surface area contributed by atoms with Crippen LogP contribution in [0, 0.1) is 12.7 Å². The second kappa shape index (κ2) is 8.46. The minimum atomic E-state index is -4.55. The van der Waals surface area contributed by atoms with Crippen LogP contribution >= 0.6 is 0 Å². The first-order chi connectivity index (χ1) is 14.2. The van der Waals surface area contributed by atoms with Crippen molar-refractivity contribution in [3.8, 4) is 11.4 Å². The maximum atomic E-state index is 13.4. The molecule has 0 fully saturated rings. The molecule has 1 aromatic heterocycles. The third kappa shape index (κ3) is 4.38. The average molecular weight is 432 g/mol. The molecule has 0 saturated heterocycles. The van der Waals surface area contributed by atoms with E-state index in [0.29, 0.717) is 11.3 Å². The van der Waals surface area contributed by atoms with E-state index in [9.17, 15) is 22.4 Å². The van der Waals surface area contributed by atoms with Gasteiger partial charge in [0.1, 0.15) is 10.7 Å². The monoisotopic (exact) mass is 432 g/mol. The van der Waals surface area contributed by atoms with Crippen molar-refractivity contribution in [1.29, 1.82) is 0 Å². The molecule has 8 nitrogen and oxygen atoms in total. The zero-order valence-corrected chi connectivity index (χ0v) is 16.8. The van der Waals surface area contributed by atoms with E-state index in [1.54, 1.807) is 38.1 Å². The first-order valence-electron chi connectivity index (χ1n) is 8.80. The molecule has 0 aliphatic heterocycles. The number of para-hydroxylation sites is 1. The van der Waals surface area contributed by atoms with Crippen LogP contribution in [0.15, 0.2) is 64.3 Å². The van der Waals surface area contributed by atoms with Gasteiger partial charge in [0.25, 0.3) is 5.56 Å². The Bertz CT molecular complexity index is 1270. The summed E-state index contributed by atoms with van der Waals surface area (Å²) in [6.07, 6.45) is 0. The molecule has 0 aliphatic carbocycles. The molecule has 30 heavy (non-hydrogen) atoms. The molecule has 2 aromatic carbocycles. The molecule has 0 bridgehead atoms. The van der Waals surface area contributed by atoms with E-state index >= 15 is 0 Å². The normalized spacial score (nSPS) is 11.2. The van der Waals surface area contributed by atoms with Gasteiger partial charge in [-0.05, 0) is 43.7 Å².